The lowest BCUT2D eigenvalue weighted by Crippen LogP contribution is -2.62. The number of fused-ring (bicyclic) bond motifs is 1. The summed E-state index contributed by atoms with van der Waals surface area (Å²) in [5.74, 6) is -7.44. The van der Waals surface area contributed by atoms with Crippen molar-refractivity contribution in [1.29, 1.82) is 5.41 Å². The minimum Gasteiger partial charge on any atom is -0.480 e. The molecule has 2 heterocycles. The van der Waals surface area contributed by atoms with Crippen LogP contribution in [0.4, 0.5) is 0 Å². The SMILES string of the molecule is CCCCCCCCCCCCCCCC(=O)Oc1ccc(CC(NC(=O)C(NC(=O)C(CCNCC(=N)N)NC(=O)CNC)C(C)C)C(=O)NC(C(=O)NC(Cc2cnc[nH]2)C(=O)N2CCCC2C(=O)NC(Cc2ccc3ccccc3c2)C(=O)O)C(C)C)cc1. The Hall–Kier alpha value is -8.25. The number of carbonyl (C=O) groups excluding carboxylic acids is 8. The number of carboxylic acid groups (broad SMARTS) is 1. The summed E-state index contributed by atoms with van der Waals surface area (Å²) in [4.78, 5) is 134. The molecule has 4 aromatic rings. The summed E-state index contributed by atoms with van der Waals surface area (Å²) in [6.07, 6.45) is 18.9. The number of hydrogen-bond donors (Lipinski definition) is 12. The quantitative estimate of drug-likeness (QED) is 0.00867. The average Bonchev–Trinajstić information content (AvgIpc) is 1.61. The second-order valence-corrected chi connectivity index (χ2v) is 24.8. The van der Waals surface area contributed by atoms with E-state index in [1.54, 1.807) is 59.0 Å². The smallest absolute Gasteiger partial charge is 0.326 e. The number of imidazole rings is 1. The van der Waals surface area contributed by atoms with E-state index in [-0.39, 0.29) is 82.3 Å². The molecule has 0 aliphatic carbocycles. The number of nitrogens with one attached hydrogen (secondary N) is 10. The Balaban J connectivity index is 1.32. The third-order valence-corrected chi connectivity index (χ3v) is 16.4. The first-order chi connectivity index (χ1) is 44.2. The van der Waals surface area contributed by atoms with Gasteiger partial charge in [-0.2, -0.15) is 0 Å². The van der Waals surface area contributed by atoms with Crippen molar-refractivity contribution in [2.24, 2.45) is 17.6 Å². The number of likely N-dealkylation sites (tertiary alicyclic amines) is 1. The number of aromatic nitrogens is 2. The summed E-state index contributed by atoms with van der Waals surface area (Å²) >= 11 is 0. The molecular weight excluding hydrogens is 1170 g/mol. The minimum absolute atomic E-state index is 0.0164. The van der Waals surface area contributed by atoms with Crippen LogP contribution in [0.25, 0.3) is 10.8 Å². The molecule has 0 spiro atoms. The molecule has 7 atom stereocenters. The molecule has 1 fully saturated rings. The highest BCUT2D eigenvalue weighted by Crippen LogP contribution is 2.23. The maximum absolute atomic E-state index is 14.9. The summed E-state index contributed by atoms with van der Waals surface area (Å²) < 4.78 is 5.68. The molecule has 504 valence electrons. The third kappa shape index (κ3) is 25.8. The number of amidine groups is 1. The third-order valence-electron chi connectivity index (χ3n) is 16.4. The summed E-state index contributed by atoms with van der Waals surface area (Å²) in [5, 5.41) is 41.9. The number of carbonyl (C=O) groups is 9. The highest BCUT2D eigenvalue weighted by molar-refractivity contribution is 5.98. The molecule has 3 aromatic carbocycles. The van der Waals surface area contributed by atoms with Crippen molar-refractivity contribution < 1.29 is 53.0 Å². The largest absolute Gasteiger partial charge is 0.480 e. The Morgan fingerprint density at radius 2 is 1.24 bits per heavy atom. The van der Waals surface area contributed by atoms with Gasteiger partial charge in [-0.05, 0) is 85.1 Å². The van der Waals surface area contributed by atoms with Crippen LogP contribution in [0.1, 0.15) is 161 Å². The van der Waals surface area contributed by atoms with Gasteiger partial charge in [-0.15, -0.1) is 0 Å². The van der Waals surface area contributed by atoms with E-state index in [9.17, 15) is 48.3 Å². The maximum Gasteiger partial charge on any atom is 0.326 e. The summed E-state index contributed by atoms with van der Waals surface area (Å²) in [5.41, 5.74) is 7.19. The van der Waals surface area contributed by atoms with Gasteiger partial charge in [0, 0.05) is 44.1 Å². The number of nitrogens with zero attached hydrogens (tertiary/aromatic N) is 2. The van der Waals surface area contributed by atoms with Crippen molar-refractivity contribution in [3.05, 3.63) is 96.1 Å². The minimum atomic E-state index is -1.40. The molecule has 1 aliphatic heterocycles. The molecule has 24 nitrogen and oxygen atoms in total. The van der Waals surface area contributed by atoms with Crippen LogP contribution in [-0.4, -0.2) is 155 Å². The zero-order chi connectivity index (χ0) is 67.0. The number of benzene rings is 3. The Bertz CT molecular complexity index is 3010. The number of esters is 1. The normalized spacial score (nSPS) is 15.0. The van der Waals surface area contributed by atoms with E-state index in [1.165, 1.54) is 75.2 Å². The fraction of sp³-hybridized carbons (Fsp3) is 0.574. The number of aromatic amines is 1. The second kappa shape index (κ2) is 39.9. The first kappa shape index (κ1) is 74.5. The van der Waals surface area contributed by atoms with Crippen LogP contribution in [0.2, 0.25) is 0 Å². The molecule has 1 aliphatic rings. The fourth-order valence-corrected chi connectivity index (χ4v) is 11.2. The van der Waals surface area contributed by atoms with E-state index in [0.717, 1.165) is 30.0 Å². The first-order valence-corrected chi connectivity index (χ1v) is 32.9. The predicted octanol–water partition coefficient (Wildman–Crippen LogP) is 5.41. The lowest BCUT2D eigenvalue weighted by molar-refractivity contribution is -0.145. The van der Waals surface area contributed by atoms with Crippen LogP contribution >= 0.6 is 0 Å². The molecule has 7 amide bonds. The standard InChI is InChI=1S/C68H101N13O11/c1-7-8-9-10-11-12-13-14-15-16-17-18-19-26-59(83)92-51-31-28-46(29-32-51)37-53(76-65(87)60(44(2)3)79-62(84)52(75-58(82)42-71-6)33-34-72-41-57(69)70)63(85)80-61(45(4)5)66(88)77-54(39-50-40-73-43-74-50)67(89)81-35-22-25-56(81)64(86)78-55(68(90)91)38-47-27-30-48-23-20-21-24-49(48)36-47/h20-21,23-24,27-32,36,40,43-45,52-56,60-61,71-72H,7-19,22,25-26,33-35,37-39,41-42H2,1-6H3,(H3,69,70)(H,73,74)(H,75,82)(H,76,87)(H,77,88)(H,78,86)(H,79,84)(H,80,85)(H,90,91). The van der Waals surface area contributed by atoms with Gasteiger partial charge in [0.2, 0.25) is 41.4 Å². The van der Waals surface area contributed by atoms with Crippen molar-refractivity contribution in [1.82, 2.24) is 57.4 Å². The topological polar surface area (TPSA) is 361 Å². The van der Waals surface area contributed by atoms with E-state index < -0.39 is 101 Å². The number of hydrogen-bond acceptors (Lipinski definition) is 14. The molecule has 0 saturated carbocycles. The number of amides is 7. The van der Waals surface area contributed by atoms with Crippen molar-refractivity contribution in [2.45, 2.75) is 205 Å². The number of carboxylic acids is 1. The Morgan fingerprint density at radius 3 is 1.82 bits per heavy atom. The van der Waals surface area contributed by atoms with Gasteiger partial charge in [-0.1, -0.05) is 166 Å². The van der Waals surface area contributed by atoms with Crippen LogP contribution in [0.3, 0.4) is 0 Å². The van der Waals surface area contributed by atoms with Gasteiger partial charge in [0.15, 0.2) is 0 Å². The van der Waals surface area contributed by atoms with Crippen molar-refractivity contribution in [2.75, 3.05) is 33.2 Å². The Labute approximate surface area is 541 Å². The number of nitrogens with two attached hydrogens (primary N) is 1. The van der Waals surface area contributed by atoms with Gasteiger partial charge in [-0.3, -0.25) is 43.8 Å². The number of likely N-dealkylation sites (N-methyl/N-ethyl adjacent to an activating group) is 1. The predicted molar refractivity (Wildman–Crippen MR) is 353 cm³/mol. The van der Waals surface area contributed by atoms with Crippen molar-refractivity contribution in [3.63, 3.8) is 0 Å². The zero-order valence-corrected chi connectivity index (χ0v) is 54.7. The van der Waals surface area contributed by atoms with Gasteiger partial charge in [0.1, 0.15) is 53.9 Å². The fourth-order valence-electron chi connectivity index (χ4n) is 11.2. The van der Waals surface area contributed by atoms with Gasteiger partial charge < -0.3 is 68.0 Å². The Morgan fingerprint density at radius 1 is 0.663 bits per heavy atom. The molecule has 5 rings (SSSR count). The van der Waals surface area contributed by atoms with Crippen LogP contribution in [0.5, 0.6) is 5.75 Å². The monoisotopic (exact) mass is 1280 g/mol. The van der Waals surface area contributed by atoms with Gasteiger partial charge >= 0.3 is 11.9 Å². The molecule has 13 N–H and O–H groups in total. The lowest BCUT2D eigenvalue weighted by Gasteiger charge is -2.31. The molecule has 0 bridgehead atoms. The van der Waals surface area contributed by atoms with Crippen LogP contribution in [-0.2, 0) is 62.4 Å². The molecule has 7 unspecified atom stereocenters. The molecule has 92 heavy (non-hydrogen) atoms. The van der Waals surface area contributed by atoms with Crippen LogP contribution in [0.15, 0.2) is 79.3 Å². The molecular formula is C68H101N13O11. The number of aliphatic carboxylic acids is 1. The lowest BCUT2D eigenvalue weighted by atomic mass is 9.98. The second-order valence-electron chi connectivity index (χ2n) is 24.8. The number of unbranched alkanes of at least 4 members (excludes halogenated alkanes) is 12. The highest BCUT2D eigenvalue weighted by atomic mass is 16.5. The van der Waals surface area contributed by atoms with Gasteiger partial charge in [0.05, 0.1) is 19.4 Å². The zero-order valence-electron chi connectivity index (χ0n) is 54.7. The average molecular weight is 1280 g/mol. The van der Waals surface area contributed by atoms with Gasteiger partial charge in [-0.25, -0.2) is 9.78 Å². The van der Waals surface area contributed by atoms with E-state index in [2.05, 4.69) is 59.4 Å². The summed E-state index contributed by atoms with van der Waals surface area (Å²) in [7, 11) is 1.57. The van der Waals surface area contributed by atoms with Crippen molar-refractivity contribution in [3.8, 4) is 5.75 Å². The first-order valence-electron chi connectivity index (χ1n) is 32.9. The van der Waals surface area contributed by atoms with E-state index in [1.807, 2.05) is 42.5 Å². The number of ether oxygens (including phenoxy) is 1. The van der Waals surface area contributed by atoms with E-state index in [0.29, 0.717) is 29.7 Å². The van der Waals surface area contributed by atoms with E-state index >= 15 is 0 Å². The molecule has 1 saturated heterocycles. The summed E-state index contributed by atoms with van der Waals surface area (Å²) in [6, 6.07) is 10.9. The summed E-state index contributed by atoms with van der Waals surface area (Å²) in [6.45, 7) is 9.24. The van der Waals surface area contributed by atoms with Gasteiger partial charge in [0.25, 0.3) is 0 Å². The van der Waals surface area contributed by atoms with Crippen LogP contribution < -0.4 is 53.0 Å². The van der Waals surface area contributed by atoms with Crippen LogP contribution in [0, 0.1) is 17.2 Å². The molecule has 1 aromatic heterocycles. The molecule has 24 heteroatoms. The van der Waals surface area contributed by atoms with E-state index in [4.69, 9.17) is 15.9 Å². The van der Waals surface area contributed by atoms with Crippen molar-refractivity contribution >= 4 is 69.9 Å². The Kier molecular flexibility index (Phi) is 32.3. The highest BCUT2D eigenvalue weighted by Gasteiger charge is 2.41. The maximum atomic E-state index is 14.9. The number of H-pyrrole nitrogens is 1. The molecule has 0 radical (unpaired) electrons. The number of rotatable bonds is 43.